The zero-order chi connectivity index (χ0) is 25.5. The molecule has 186 valence electrons. The monoisotopic (exact) mass is 503 g/mol. The fourth-order valence-corrected chi connectivity index (χ4v) is 5.37. The number of sulfonamides is 1. The molecule has 0 aliphatic rings. The van der Waals surface area contributed by atoms with E-state index in [1.54, 1.807) is 31.3 Å². The molecule has 0 spiro atoms. The van der Waals surface area contributed by atoms with Crippen LogP contribution in [0.25, 0.3) is 21.7 Å². The predicted octanol–water partition coefficient (Wildman–Crippen LogP) is 5.21. The van der Waals surface area contributed by atoms with Gasteiger partial charge in [-0.2, -0.15) is 4.72 Å². The van der Waals surface area contributed by atoms with E-state index in [0.29, 0.717) is 31.4 Å². The summed E-state index contributed by atoms with van der Waals surface area (Å²) in [5, 5.41) is 5.41. The predicted molar refractivity (Wildman–Crippen MR) is 142 cm³/mol. The van der Waals surface area contributed by atoms with Crippen LogP contribution >= 0.6 is 0 Å². The maximum Gasteiger partial charge on any atom is 0.242 e. The zero-order valence-electron chi connectivity index (χ0n) is 20.1. The van der Waals surface area contributed by atoms with Crippen molar-refractivity contribution >= 4 is 49.1 Å². The average molecular weight is 504 g/mol. The van der Waals surface area contributed by atoms with Crippen LogP contribution in [0.15, 0.2) is 83.9 Å². The summed E-state index contributed by atoms with van der Waals surface area (Å²) >= 11 is 0. The number of hydrogen-bond acceptors (Lipinski definition) is 5. The number of rotatable bonds is 11. The second kappa shape index (κ2) is 11.4. The quantitative estimate of drug-likeness (QED) is 0.273. The molecule has 4 aromatic rings. The second-order valence-electron chi connectivity index (χ2n) is 8.89. The fraction of sp³-hybridized carbons (Fsp3) is 0.250. The van der Waals surface area contributed by atoms with Gasteiger partial charge < -0.3 is 10.1 Å². The van der Waals surface area contributed by atoms with Gasteiger partial charge in [0, 0.05) is 11.8 Å². The Morgan fingerprint density at radius 1 is 0.861 bits per heavy atom. The molecule has 1 aromatic heterocycles. The molecule has 1 atom stereocenters. The highest BCUT2D eigenvalue weighted by atomic mass is 32.2. The Morgan fingerprint density at radius 2 is 1.58 bits per heavy atom. The first-order chi connectivity index (χ1) is 17.3. The van der Waals surface area contributed by atoms with E-state index in [0.717, 1.165) is 28.1 Å². The first-order valence-electron chi connectivity index (χ1n) is 12.0. The lowest BCUT2D eigenvalue weighted by molar-refractivity contribution is -0.118. The van der Waals surface area contributed by atoms with Gasteiger partial charge in [0.15, 0.2) is 0 Å². The van der Waals surface area contributed by atoms with E-state index in [-0.39, 0.29) is 10.7 Å². The minimum atomic E-state index is -3.96. The topological polar surface area (TPSA) is 105 Å². The number of Topliss-reactive ketones (excluding diaryl/α,β-unsaturated/α-hetero) is 1. The molecule has 0 saturated heterocycles. The largest absolute Gasteiger partial charge is 0.323 e. The molecule has 0 unspecified atom stereocenters. The summed E-state index contributed by atoms with van der Waals surface area (Å²) < 4.78 is 29.1. The lowest BCUT2D eigenvalue weighted by Crippen LogP contribution is -2.43. The summed E-state index contributed by atoms with van der Waals surface area (Å²) in [6.45, 7) is 1.55. The number of carbonyl (C=O) groups is 2. The molecular formula is C28H29N3O4S. The number of aromatic nitrogens is 1. The molecule has 0 aliphatic heterocycles. The Labute approximate surface area is 211 Å². The van der Waals surface area contributed by atoms with Crippen LogP contribution in [-0.2, 0) is 19.6 Å². The van der Waals surface area contributed by atoms with Crippen molar-refractivity contribution in [3.8, 4) is 0 Å². The summed E-state index contributed by atoms with van der Waals surface area (Å²) in [5.41, 5.74) is 1.29. The highest BCUT2D eigenvalue weighted by Crippen LogP contribution is 2.21. The van der Waals surface area contributed by atoms with E-state index in [1.807, 2.05) is 54.6 Å². The lowest BCUT2D eigenvalue weighted by Gasteiger charge is -2.19. The van der Waals surface area contributed by atoms with Crippen molar-refractivity contribution < 1.29 is 18.0 Å². The van der Waals surface area contributed by atoms with Crippen molar-refractivity contribution in [2.24, 2.45) is 0 Å². The number of nitrogens with zero attached hydrogens (tertiary/aromatic N) is 1. The average Bonchev–Trinajstić information content (AvgIpc) is 2.87. The smallest absolute Gasteiger partial charge is 0.242 e. The number of carbonyl (C=O) groups excluding carboxylic acids is 2. The molecular weight excluding hydrogens is 474 g/mol. The Morgan fingerprint density at radius 3 is 2.36 bits per heavy atom. The van der Waals surface area contributed by atoms with Gasteiger partial charge in [0.05, 0.1) is 22.3 Å². The number of benzene rings is 3. The molecule has 1 amide bonds. The molecule has 3 aromatic carbocycles. The SMILES string of the molecule is CC(=O)CCCCC[C@H](NS(=O)(=O)c1ccc2ccccc2c1)C(=O)Nc1cnc2ccccc2c1. The third-order valence-corrected chi connectivity index (χ3v) is 7.49. The van der Waals surface area contributed by atoms with Gasteiger partial charge in [-0.25, -0.2) is 8.42 Å². The third-order valence-electron chi connectivity index (χ3n) is 6.02. The van der Waals surface area contributed by atoms with Crippen LogP contribution in [0.4, 0.5) is 5.69 Å². The van der Waals surface area contributed by atoms with Gasteiger partial charge in [0.25, 0.3) is 0 Å². The number of fused-ring (bicyclic) bond motifs is 2. The van der Waals surface area contributed by atoms with Gasteiger partial charge in [-0.15, -0.1) is 0 Å². The van der Waals surface area contributed by atoms with E-state index in [9.17, 15) is 18.0 Å². The Kier molecular flexibility index (Phi) is 8.07. The van der Waals surface area contributed by atoms with Gasteiger partial charge in [-0.1, -0.05) is 61.4 Å². The number of pyridine rings is 1. The number of amides is 1. The Hall–Kier alpha value is -3.62. The van der Waals surface area contributed by atoms with Crippen LogP contribution in [-0.4, -0.2) is 31.1 Å². The van der Waals surface area contributed by atoms with Crippen molar-refractivity contribution in [3.05, 3.63) is 79.0 Å². The molecule has 0 aliphatic carbocycles. The minimum absolute atomic E-state index is 0.1000. The summed E-state index contributed by atoms with van der Waals surface area (Å²) in [6, 6.07) is 20.8. The molecule has 36 heavy (non-hydrogen) atoms. The number of anilines is 1. The van der Waals surface area contributed by atoms with Gasteiger partial charge in [-0.05, 0) is 54.8 Å². The molecule has 4 rings (SSSR count). The second-order valence-corrected chi connectivity index (χ2v) is 10.6. The standard InChI is InChI=1S/C28H29N3O4S/c1-20(32)9-3-2-4-14-27(28(33)30-24-17-23-12-7-8-13-26(23)29-19-24)31-36(34,35)25-16-15-21-10-5-6-11-22(21)18-25/h5-8,10-13,15-19,27,31H,2-4,9,14H2,1H3,(H,30,33)/t27-/m0/s1. The van der Waals surface area contributed by atoms with Crippen molar-refractivity contribution in [1.82, 2.24) is 9.71 Å². The third kappa shape index (κ3) is 6.53. The maximum atomic E-state index is 13.2. The minimum Gasteiger partial charge on any atom is -0.323 e. The summed E-state index contributed by atoms with van der Waals surface area (Å²) in [7, 11) is -3.96. The molecule has 0 radical (unpaired) electrons. The van der Waals surface area contributed by atoms with E-state index >= 15 is 0 Å². The summed E-state index contributed by atoms with van der Waals surface area (Å²) in [4.78, 5) is 28.9. The van der Waals surface area contributed by atoms with Gasteiger partial charge in [0.1, 0.15) is 11.8 Å². The van der Waals surface area contributed by atoms with Crippen LogP contribution in [0, 0.1) is 0 Å². The maximum absolute atomic E-state index is 13.2. The molecule has 8 heteroatoms. The fourth-order valence-electron chi connectivity index (χ4n) is 4.10. The van der Waals surface area contributed by atoms with E-state index in [2.05, 4.69) is 15.0 Å². The van der Waals surface area contributed by atoms with Crippen LogP contribution < -0.4 is 10.0 Å². The van der Waals surface area contributed by atoms with Crippen molar-refractivity contribution in [1.29, 1.82) is 0 Å². The van der Waals surface area contributed by atoms with Crippen LogP contribution in [0.5, 0.6) is 0 Å². The molecule has 7 nitrogen and oxygen atoms in total. The highest BCUT2D eigenvalue weighted by Gasteiger charge is 2.26. The zero-order valence-corrected chi connectivity index (χ0v) is 20.9. The number of para-hydroxylation sites is 1. The Balaban J connectivity index is 1.52. The number of ketones is 1. The number of nitrogens with one attached hydrogen (secondary N) is 2. The summed E-state index contributed by atoms with van der Waals surface area (Å²) in [5.74, 6) is -0.340. The highest BCUT2D eigenvalue weighted by molar-refractivity contribution is 7.89. The van der Waals surface area contributed by atoms with Gasteiger partial charge >= 0.3 is 0 Å². The van der Waals surface area contributed by atoms with Crippen LogP contribution in [0.2, 0.25) is 0 Å². The van der Waals surface area contributed by atoms with Crippen LogP contribution in [0.3, 0.4) is 0 Å². The lowest BCUT2D eigenvalue weighted by atomic mass is 10.1. The van der Waals surface area contributed by atoms with Crippen molar-refractivity contribution in [3.63, 3.8) is 0 Å². The molecule has 0 saturated carbocycles. The van der Waals surface area contributed by atoms with Gasteiger partial charge in [-0.3, -0.25) is 9.78 Å². The molecule has 0 fully saturated rings. The van der Waals surface area contributed by atoms with E-state index in [4.69, 9.17) is 0 Å². The van der Waals surface area contributed by atoms with E-state index < -0.39 is 22.0 Å². The van der Waals surface area contributed by atoms with Gasteiger partial charge in [0.2, 0.25) is 15.9 Å². The van der Waals surface area contributed by atoms with Crippen molar-refractivity contribution in [2.75, 3.05) is 5.32 Å². The Bertz CT molecular complexity index is 1500. The molecule has 2 N–H and O–H groups in total. The molecule has 0 bridgehead atoms. The first kappa shape index (κ1) is 25.5. The number of hydrogen-bond donors (Lipinski definition) is 2. The molecule has 1 heterocycles. The normalized spacial score (nSPS) is 12.5. The number of unbranched alkanes of at least 4 members (excludes halogenated alkanes) is 2. The first-order valence-corrected chi connectivity index (χ1v) is 13.5. The van der Waals surface area contributed by atoms with Crippen LogP contribution in [0.1, 0.15) is 39.0 Å². The summed E-state index contributed by atoms with van der Waals surface area (Å²) in [6.07, 6.45) is 4.36. The van der Waals surface area contributed by atoms with Crippen molar-refractivity contribution in [2.45, 2.75) is 50.0 Å². The van der Waals surface area contributed by atoms with E-state index in [1.165, 1.54) is 0 Å².